The molecular formula is C13H27N3O. The minimum Gasteiger partial charge on any atom is -0.353 e. The molecule has 0 aromatic heterocycles. The highest BCUT2D eigenvalue weighted by Crippen LogP contribution is 2.35. The molecule has 0 aliphatic heterocycles. The summed E-state index contributed by atoms with van der Waals surface area (Å²) >= 11 is 0. The van der Waals surface area contributed by atoms with Crippen molar-refractivity contribution in [2.45, 2.75) is 51.1 Å². The maximum Gasteiger partial charge on any atom is 0.236 e. The molecule has 1 aliphatic rings. The fraction of sp³-hybridized carbons (Fsp3) is 0.923. The number of rotatable bonds is 4. The molecule has 1 saturated carbocycles. The Morgan fingerprint density at radius 3 is 2.71 bits per heavy atom. The van der Waals surface area contributed by atoms with Gasteiger partial charge in [0.05, 0.1) is 6.04 Å². The summed E-state index contributed by atoms with van der Waals surface area (Å²) in [6.45, 7) is 4.73. The lowest BCUT2D eigenvalue weighted by Gasteiger charge is -2.45. The molecule has 4 nitrogen and oxygen atoms in total. The molecule has 0 bridgehead atoms. The van der Waals surface area contributed by atoms with E-state index in [1.807, 2.05) is 0 Å². The van der Waals surface area contributed by atoms with Crippen LogP contribution in [-0.4, -0.2) is 43.0 Å². The molecular weight excluding hydrogens is 214 g/mol. The standard InChI is InChI=1S/C13H27N3O/c1-10-6-5-7-13(8-10,16(3)4)9-15-12(17)11(2)14/h10-11H,5-9,14H2,1-4H3,(H,15,17). The van der Waals surface area contributed by atoms with Gasteiger partial charge in [0.25, 0.3) is 0 Å². The van der Waals surface area contributed by atoms with Gasteiger partial charge in [0, 0.05) is 12.1 Å². The van der Waals surface area contributed by atoms with Gasteiger partial charge in [-0.3, -0.25) is 4.79 Å². The van der Waals surface area contributed by atoms with Gasteiger partial charge >= 0.3 is 0 Å². The highest BCUT2D eigenvalue weighted by Gasteiger charge is 2.37. The molecule has 1 aliphatic carbocycles. The first-order valence-corrected chi connectivity index (χ1v) is 6.58. The fourth-order valence-corrected chi connectivity index (χ4v) is 2.77. The predicted molar refractivity (Wildman–Crippen MR) is 70.7 cm³/mol. The van der Waals surface area contributed by atoms with Gasteiger partial charge in [-0.15, -0.1) is 0 Å². The fourth-order valence-electron chi connectivity index (χ4n) is 2.77. The number of hydrogen-bond acceptors (Lipinski definition) is 3. The van der Waals surface area contributed by atoms with Crippen molar-refractivity contribution in [3.8, 4) is 0 Å². The van der Waals surface area contributed by atoms with E-state index in [4.69, 9.17) is 5.73 Å². The molecule has 0 radical (unpaired) electrons. The van der Waals surface area contributed by atoms with Gasteiger partial charge in [-0.1, -0.05) is 19.8 Å². The number of nitrogens with zero attached hydrogens (tertiary/aromatic N) is 1. The molecule has 1 rings (SSSR count). The zero-order valence-corrected chi connectivity index (χ0v) is 11.6. The Morgan fingerprint density at radius 1 is 1.59 bits per heavy atom. The molecule has 100 valence electrons. The lowest BCUT2D eigenvalue weighted by Crippen LogP contribution is -2.56. The summed E-state index contributed by atoms with van der Waals surface area (Å²) in [6, 6.07) is -0.421. The Morgan fingerprint density at radius 2 is 2.24 bits per heavy atom. The van der Waals surface area contributed by atoms with Gasteiger partial charge in [-0.05, 0) is 39.8 Å². The molecule has 3 unspecified atom stereocenters. The van der Waals surface area contributed by atoms with Gasteiger partial charge < -0.3 is 16.0 Å². The van der Waals surface area contributed by atoms with Crippen LogP contribution in [0.15, 0.2) is 0 Å². The molecule has 4 heteroatoms. The van der Waals surface area contributed by atoms with Crippen LogP contribution in [0.1, 0.15) is 39.5 Å². The number of amides is 1. The number of carbonyl (C=O) groups excluding carboxylic acids is 1. The normalized spacial score (nSPS) is 31.3. The Kier molecular flexibility index (Phi) is 4.95. The Balaban J connectivity index is 2.62. The second-order valence-corrected chi connectivity index (χ2v) is 5.83. The van der Waals surface area contributed by atoms with E-state index >= 15 is 0 Å². The summed E-state index contributed by atoms with van der Waals surface area (Å²) in [6.07, 6.45) is 4.85. The van der Waals surface area contributed by atoms with Crippen molar-refractivity contribution in [2.24, 2.45) is 11.7 Å². The van der Waals surface area contributed by atoms with E-state index in [1.165, 1.54) is 12.8 Å². The van der Waals surface area contributed by atoms with E-state index in [2.05, 4.69) is 31.2 Å². The summed E-state index contributed by atoms with van der Waals surface area (Å²) in [5.41, 5.74) is 5.69. The maximum atomic E-state index is 11.6. The molecule has 0 aromatic carbocycles. The van der Waals surface area contributed by atoms with E-state index in [0.717, 1.165) is 18.8 Å². The molecule has 0 heterocycles. The maximum absolute atomic E-state index is 11.6. The van der Waals surface area contributed by atoms with Gasteiger partial charge in [0.15, 0.2) is 0 Å². The van der Waals surface area contributed by atoms with Gasteiger partial charge in [-0.2, -0.15) is 0 Å². The third-order valence-electron chi connectivity index (χ3n) is 4.02. The molecule has 17 heavy (non-hydrogen) atoms. The lowest BCUT2D eigenvalue weighted by atomic mass is 9.75. The molecule has 3 atom stereocenters. The zero-order chi connectivity index (χ0) is 13.1. The first-order valence-electron chi connectivity index (χ1n) is 6.58. The minimum atomic E-state index is -0.421. The zero-order valence-electron chi connectivity index (χ0n) is 11.6. The van der Waals surface area contributed by atoms with E-state index in [-0.39, 0.29) is 11.4 Å². The van der Waals surface area contributed by atoms with Crippen LogP contribution in [0.2, 0.25) is 0 Å². The van der Waals surface area contributed by atoms with Crippen molar-refractivity contribution in [1.82, 2.24) is 10.2 Å². The van der Waals surface area contributed by atoms with E-state index in [1.54, 1.807) is 6.92 Å². The van der Waals surface area contributed by atoms with Crippen molar-refractivity contribution in [2.75, 3.05) is 20.6 Å². The third-order valence-corrected chi connectivity index (χ3v) is 4.02. The van der Waals surface area contributed by atoms with Crippen molar-refractivity contribution in [1.29, 1.82) is 0 Å². The molecule has 0 spiro atoms. The smallest absolute Gasteiger partial charge is 0.236 e. The van der Waals surface area contributed by atoms with Crippen LogP contribution in [0.4, 0.5) is 0 Å². The monoisotopic (exact) mass is 241 g/mol. The molecule has 1 fully saturated rings. The van der Waals surface area contributed by atoms with Gasteiger partial charge in [-0.25, -0.2) is 0 Å². The second kappa shape index (κ2) is 5.83. The lowest BCUT2D eigenvalue weighted by molar-refractivity contribution is -0.122. The number of nitrogens with two attached hydrogens (primary N) is 1. The molecule has 1 amide bonds. The molecule has 0 aromatic rings. The van der Waals surface area contributed by atoms with Crippen molar-refractivity contribution >= 4 is 5.91 Å². The number of likely N-dealkylation sites (N-methyl/N-ethyl adjacent to an activating group) is 1. The second-order valence-electron chi connectivity index (χ2n) is 5.83. The van der Waals surface area contributed by atoms with E-state index in [0.29, 0.717) is 6.54 Å². The Bertz CT molecular complexity index is 265. The van der Waals surface area contributed by atoms with Gasteiger partial charge in [0.2, 0.25) is 5.91 Å². The summed E-state index contributed by atoms with van der Waals surface area (Å²) < 4.78 is 0. The molecule has 0 saturated heterocycles. The summed E-state index contributed by atoms with van der Waals surface area (Å²) in [5, 5.41) is 2.99. The highest BCUT2D eigenvalue weighted by molar-refractivity contribution is 5.81. The van der Waals surface area contributed by atoms with Gasteiger partial charge in [0.1, 0.15) is 0 Å². The quantitative estimate of drug-likeness (QED) is 0.771. The van der Waals surface area contributed by atoms with Crippen LogP contribution < -0.4 is 11.1 Å². The summed E-state index contributed by atoms with van der Waals surface area (Å²) in [5.74, 6) is 0.683. The van der Waals surface area contributed by atoms with E-state index in [9.17, 15) is 4.79 Å². The topological polar surface area (TPSA) is 58.4 Å². The third kappa shape index (κ3) is 3.68. The average Bonchev–Trinajstić information content (AvgIpc) is 2.25. The number of hydrogen-bond donors (Lipinski definition) is 2. The van der Waals surface area contributed by atoms with Crippen LogP contribution in [0, 0.1) is 5.92 Å². The van der Waals surface area contributed by atoms with Crippen molar-refractivity contribution in [3.05, 3.63) is 0 Å². The highest BCUT2D eigenvalue weighted by atomic mass is 16.2. The van der Waals surface area contributed by atoms with Crippen LogP contribution >= 0.6 is 0 Å². The number of carbonyl (C=O) groups is 1. The van der Waals surface area contributed by atoms with Crippen LogP contribution in [0.3, 0.4) is 0 Å². The predicted octanol–water partition coefficient (Wildman–Crippen LogP) is 0.960. The summed E-state index contributed by atoms with van der Waals surface area (Å²) in [7, 11) is 4.21. The van der Waals surface area contributed by atoms with Crippen LogP contribution in [0.5, 0.6) is 0 Å². The number of nitrogens with one attached hydrogen (secondary N) is 1. The SMILES string of the molecule is CC1CCCC(CNC(=O)C(C)N)(N(C)C)C1. The first-order chi connectivity index (χ1) is 7.87. The van der Waals surface area contributed by atoms with Crippen molar-refractivity contribution in [3.63, 3.8) is 0 Å². The van der Waals surface area contributed by atoms with Crippen LogP contribution in [-0.2, 0) is 4.79 Å². The Labute approximate surface area is 105 Å². The molecule has 3 N–H and O–H groups in total. The Hall–Kier alpha value is -0.610. The largest absolute Gasteiger partial charge is 0.353 e. The summed E-state index contributed by atoms with van der Waals surface area (Å²) in [4.78, 5) is 13.8. The first kappa shape index (κ1) is 14.5. The average molecular weight is 241 g/mol. The van der Waals surface area contributed by atoms with E-state index < -0.39 is 6.04 Å². The minimum absolute atomic E-state index is 0.0514. The van der Waals surface area contributed by atoms with Crippen LogP contribution in [0.25, 0.3) is 0 Å². The van der Waals surface area contributed by atoms with Crippen molar-refractivity contribution < 1.29 is 4.79 Å².